The van der Waals surface area contributed by atoms with E-state index in [0.717, 1.165) is 25.7 Å². The normalized spacial score (nSPS) is 30.7. The third-order valence-electron chi connectivity index (χ3n) is 3.25. The molecule has 1 aliphatic carbocycles. The largest absolute Gasteiger partial charge is 0.396 e. The van der Waals surface area contributed by atoms with Gasteiger partial charge in [0.15, 0.2) is 0 Å². The van der Waals surface area contributed by atoms with Crippen molar-refractivity contribution in [2.45, 2.75) is 25.3 Å². The topological polar surface area (TPSA) is 44.3 Å². The molecule has 1 saturated heterocycles. The Bertz CT molecular complexity index is 153. The highest BCUT2D eigenvalue weighted by molar-refractivity contribution is 4.85. The summed E-state index contributed by atoms with van der Waals surface area (Å²) in [5.74, 6) is 1.16. The molecule has 1 saturated carbocycles. The Balaban J connectivity index is 1.70. The van der Waals surface area contributed by atoms with Gasteiger partial charge in [0.05, 0.1) is 0 Å². The zero-order valence-corrected chi connectivity index (χ0v) is 8.13. The van der Waals surface area contributed by atoms with E-state index in [9.17, 15) is 5.11 Å². The number of hydrogen-bond acceptors (Lipinski definition) is 3. The van der Waals surface area contributed by atoms with Gasteiger partial charge in [-0.25, -0.2) is 0 Å². The maximum atomic E-state index is 9.25. The van der Waals surface area contributed by atoms with Crippen LogP contribution in [0.25, 0.3) is 0 Å². The molecule has 1 heterocycles. The molecule has 0 spiro atoms. The van der Waals surface area contributed by atoms with Gasteiger partial charge in [-0.15, -0.1) is 0 Å². The van der Waals surface area contributed by atoms with E-state index in [-0.39, 0.29) is 0 Å². The predicted octanol–water partition coefficient (Wildman–Crippen LogP) is -0.0436. The first kappa shape index (κ1) is 9.44. The summed E-state index contributed by atoms with van der Waals surface area (Å²) in [7, 11) is 0. The van der Waals surface area contributed by atoms with Gasteiger partial charge in [0, 0.05) is 19.2 Å². The first-order valence-electron chi connectivity index (χ1n) is 5.45. The van der Waals surface area contributed by atoms with Crippen molar-refractivity contribution in [2.24, 2.45) is 11.8 Å². The molecule has 0 radical (unpaired) electrons. The van der Waals surface area contributed by atoms with E-state index in [1.165, 1.54) is 19.3 Å². The Labute approximate surface area is 79.9 Å². The van der Waals surface area contributed by atoms with E-state index in [1.54, 1.807) is 0 Å². The lowest BCUT2D eigenvalue weighted by Gasteiger charge is -2.20. The number of hydrogen-bond donors (Lipinski definition) is 3. The Hall–Kier alpha value is -0.120. The Morgan fingerprint density at radius 1 is 1.38 bits per heavy atom. The van der Waals surface area contributed by atoms with E-state index >= 15 is 0 Å². The van der Waals surface area contributed by atoms with Gasteiger partial charge >= 0.3 is 0 Å². The summed E-state index contributed by atoms with van der Waals surface area (Å²) in [6.45, 7) is 3.57. The van der Waals surface area contributed by atoms with Gasteiger partial charge in [-0.3, -0.25) is 0 Å². The van der Waals surface area contributed by atoms with Gasteiger partial charge in [-0.2, -0.15) is 0 Å². The highest BCUT2D eigenvalue weighted by Crippen LogP contribution is 2.22. The van der Waals surface area contributed by atoms with Crippen LogP contribution in [0.15, 0.2) is 0 Å². The van der Waals surface area contributed by atoms with Crippen molar-refractivity contribution < 1.29 is 5.11 Å². The van der Waals surface area contributed by atoms with E-state index in [1.807, 2.05) is 0 Å². The van der Waals surface area contributed by atoms with Crippen LogP contribution >= 0.6 is 0 Å². The van der Waals surface area contributed by atoms with Crippen molar-refractivity contribution in [1.82, 2.24) is 10.6 Å². The predicted molar refractivity (Wildman–Crippen MR) is 52.6 cm³/mol. The molecule has 0 aromatic heterocycles. The van der Waals surface area contributed by atoms with Gasteiger partial charge in [-0.1, -0.05) is 0 Å². The lowest BCUT2D eigenvalue weighted by molar-refractivity contribution is 0.178. The number of aliphatic hydroxyl groups excluding tert-OH is 1. The SMILES string of the molecule is OCC(CNC1CC1)C1CCNC1. The smallest absolute Gasteiger partial charge is 0.0474 e. The van der Waals surface area contributed by atoms with Crippen molar-refractivity contribution in [2.75, 3.05) is 26.2 Å². The summed E-state index contributed by atoms with van der Waals surface area (Å²) in [4.78, 5) is 0. The number of nitrogens with one attached hydrogen (secondary N) is 2. The fourth-order valence-corrected chi connectivity index (χ4v) is 2.07. The van der Waals surface area contributed by atoms with Crippen molar-refractivity contribution in [3.63, 3.8) is 0 Å². The molecule has 3 nitrogen and oxygen atoms in total. The molecular weight excluding hydrogens is 164 g/mol. The first-order valence-corrected chi connectivity index (χ1v) is 5.45. The molecule has 2 rings (SSSR count). The van der Waals surface area contributed by atoms with Gasteiger partial charge in [0.25, 0.3) is 0 Å². The molecule has 3 N–H and O–H groups in total. The zero-order valence-electron chi connectivity index (χ0n) is 8.13. The van der Waals surface area contributed by atoms with Crippen LogP contribution in [0.3, 0.4) is 0 Å². The summed E-state index contributed by atoms with van der Waals surface area (Å²) in [5.41, 5.74) is 0. The highest BCUT2D eigenvalue weighted by atomic mass is 16.3. The molecule has 0 bridgehead atoms. The van der Waals surface area contributed by atoms with Crippen LogP contribution in [0.5, 0.6) is 0 Å². The molecule has 2 unspecified atom stereocenters. The zero-order chi connectivity index (χ0) is 9.10. The molecular formula is C10H20N2O. The third-order valence-corrected chi connectivity index (χ3v) is 3.25. The number of aliphatic hydroxyl groups is 1. The minimum Gasteiger partial charge on any atom is -0.396 e. The Morgan fingerprint density at radius 2 is 2.23 bits per heavy atom. The first-order chi connectivity index (χ1) is 6.40. The minimum absolute atomic E-state index is 0.339. The molecule has 3 heteroatoms. The quantitative estimate of drug-likeness (QED) is 0.561. The van der Waals surface area contributed by atoms with Crippen LogP contribution in [0.2, 0.25) is 0 Å². The molecule has 2 atom stereocenters. The van der Waals surface area contributed by atoms with E-state index in [0.29, 0.717) is 18.4 Å². The lowest BCUT2D eigenvalue weighted by Crippen LogP contribution is -2.32. The summed E-state index contributed by atoms with van der Waals surface area (Å²) in [6, 6.07) is 0.767. The van der Waals surface area contributed by atoms with Crippen molar-refractivity contribution in [3.05, 3.63) is 0 Å². The lowest BCUT2D eigenvalue weighted by atomic mass is 9.92. The second-order valence-electron chi connectivity index (χ2n) is 4.38. The van der Waals surface area contributed by atoms with Gasteiger partial charge in [-0.05, 0) is 44.2 Å². The molecule has 0 amide bonds. The molecule has 76 valence electrons. The Morgan fingerprint density at radius 3 is 2.77 bits per heavy atom. The summed E-state index contributed by atoms with van der Waals surface area (Å²) in [5, 5.41) is 16.1. The summed E-state index contributed by atoms with van der Waals surface area (Å²) in [6.07, 6.45) is 3.90. The van der Waals surface area contributed by atoms with Gasteiger partial charge in [0.2, 0.25) is 0 Å². The van der Waals surface area contributed by atoms with Crippen LogP contribution in [0, 0.1) is 11.8 Å². The van der Waals surface area contributed by atoms with Crippen LogP contribution in [-0.4, -0.2) is 37.4 Å². The maximum Gasteiger partial charge on any atom is 0.0474 e. The van der Waals surface area contributed by atoms with E-state index < -0.39 is 0 Å². The third kappa shape index (κ3) is 2.66. The molecule has 1 aliphatic heterocycles. The fourth-order valence-electron chi connectivity index (χ4n) is 2.07. The van der Waals surface area contributed by atoms with Crippen LogP contribution in [0.4, 0.5) is 0 Å². The van der Waals surface area contributed by atoms with Crippen LogP contribution in [0.1, 0.15) is 19.3 Å². The minimum atomic E-state index is 0.339. The standard InChI is InChI=1S/C10H20N2O/c13-7-9(6-12-10-1-2-10)8-3-4-11-5-8/h8-13H,1-7H2. The average Bonchev–Trinajstić information content (AvgIpc) is 2.81. The van der Waals surface area contributed by atoms with E-state index in [2.05, 4.69) is 10.6 Å². The molecule has 0 aromatic carbocycles. The molecule has 13 heavy (non-hydrogen) atoms. The van der Waals surface area contributed by atoms with Crippen LogP contribution < -0.4 is 10.6 Å². The molecule has 2 fully saturated rings. The van der Waals surface area contributed by atoms with Crippen molar-refractivity contribution in [3.8, 4) is 0 Å². The van der Waals surface area contributed by atoms with Crippen molar-refractivity contribution >= 4 is 0 Å². The Kier molecular flexibility index (Phi) is 3.19. The maximum absolute atomic E-state index is 9.25. The van der Waals surface area contributed by atoms with Gasteiger partial charge < -0.3 is 15.7 Å². The average molecular weight is 184 g/mol. The highest BCUT2D eigenvalue weighted by Gasteiger charge is 2.27. The van der Waals surface area contributed by atoms with Gasteiger partial charge in [0.1, 0.15) is 0 Å². The molecule has 0 aromatic rings. The fraction of sp³-hybridized carbons (Fsp3) is 1.00. The second-order valence-corrected chi connectivity index (χ2v) is 4.38. The summed E-state index contributed by atoms with van der Waals surface area (Å²) < 4.78 is 0. The van der Waals surface area contributed by atoms with E-state index in [4.69, 9.17) is 0 Å². The monoisotopic (exact) mass is 184 g/mol. The van der Waals surface area contributed by atoms with Crippen molar-refractivity contribution in [1.29, 1.82) is 0 Å². The second kappa shape index (κ2) is 4.40. The molecule has 2 aliphatic rings. The summed E-state index contributed by atoms with van der Waals surface area (Å²) >= 11 is 0. The number of rotatable bonds is 5. The van der Waals surface area contributed by atoms with Crippen LogP contribution in [-0.2, 0) is 0 Å².